The summed E-state index contributed by atoms with van der Waals surface area (Å²) in [5, 5.41) is 0.621. The first-order valence-electron chi connectivity index (χ1n) is 7.74. The molecule has 0 saturated carbocycles. The highest BCUT2D eigenvalue weighted by Crippen LogP contribution is 2.26. The zero-order chi connectivity index (χ0) is 18.4. The first kappa shape index (κ1) is 18.2. The second kappa shape index (κ2) is 6.64. The minimum atomic E-state index is -3.55. The largest absolute Gasteiger partial charge is 0.310 e. The number of H-pyrrole nitrogens is 1. The van der Waals surface area contributed by atoms with Gasteiger partial charge in [-0.3, -0.25) is 4.79 Å². The zero-order valence-electron chi connectivity index (χ0n) is 14.4. The minimum Gasteiger partial charge on any atom is -0.310 e. The van der Waals surface area contributed by atoms with Gasteiger partial charge in [0.15, 0.2) is 0 Å². The van der Waals surface area contributed by atoms with E-state index in [1.165, 1.54) is 22.7 Å². The fourth-order valence-electron chi connectivity index (χ4n) is 2.67. The molecule has 9 heteroatoms. The van der Waals surface area contributed by atoms with E-state index in [0.717, 1.165) is 20.2 Å². The van der Waals surface area contributed by atoms with Crippen LogP contribution in [-0.4, -0.2) is 24.9 Å². The second-order valence-electron chi connectivity index (χ2n) is 5.90. The number of aromatic nitrogens is 2. The molecule has 3 rings (SSSR count). The molecule has 0 aliphatic heterocycles. The van der Waals surface area contributed by atoms with Crippen LogP contribution < -0.4 is 10.3 Å². The Morgan fingerprint density at radius 1 is 1.16 bits per heavy atom. The van der Waals surface area contributed by atoms with Crippen LogP contribution in [0.2, 0.25) is 0 Å². The Morgan fingerprint density at radius 3 is 2.52 bits per heavy atom. The highest BCUT2D eigenvalue weighted by atomic mass is 32.2. The lowest BCUT2D eigenvalue weighted by Crippen LogP contribution is -2.27. The number of rotatable bonds is 5. The molecule has 0 radical (unpaired) electrons. The van der Waals surface area contributed by atoms with Crippen LogP contribution in [0.3, 0.4) is 0 Å². The van der Waals surface area contributed by atoms with Crippen molar-refractivity contribution in [2.24, 2.45) is 0 Å². The summed E-state index contributed by atoms with van der Waals surface area (Å²) in [7, 11) is -3.55. The Hall–Kier alpha value is -1.55. The fraction of sp³-hybridized carbons (Fsp3) is 0.375. The van der Waals surface area contributed by atoms with Crippen LogP contribution in [0.4, 0.5) is 0 Å². The molecule has 0 aliphatic rings. The number of aryl methyl sites for hydroxylation is 4. The van der Waals surface area contributed by atoms with Crippen molar-refractivity contribution in [1.82, 2.24) is 14.7 Å². The van der Waals surface area contributed by atoms with Gasteiger partial charge in [0.25, 0.3) is 5.56 Å². The van der Waals surface area contributed by atoms with Crippen LogP contribution in [0.1, 0.15) is 26.0 Å². The van der Waals surface area contributed by atoms with Crippen LogP contribution in [0.5, 0.6) is 0 Å². The van der Waals surface area contributed by atoms with Crippen molar-refractivity contribution in [1.29, 1.82) is 0 Å². The number of aromatic amines is 1. The Kier molecular flexibility index (Phi) is 4.84. The maximum absolute atomic E-state index is 12.4. The molecule has 0 spiro atoms. The molecule has 0 saturated heterocycles. The summed E-state index contributed by atoms with van der Waals surface area (Å²) >= 11 is 2.93. The van der Waals surface area contributed by atoms with Gasteiger partial charge >= 0.3 is 0 Å². The van der Waals surface area contributed by atoms with Crippen LogP contribution in [0.25, 0.3) is 10.2 Å². The first-order valence-corrected chi connectivity index (χ1v) is 10.9. The van der Waals surface area contributed by atoms with Gasteiger partial charge in [-0.05, 0) is 39.3 Å². The lowest BCUT2D eigenvalue weighted by Gasteiger charge is -2.06. The Balaban J connectivity index is 1.77. The molecule has 134 valence electrons. The Morgan fingerprint density at radius 2 is 1.88 bits per heavy atom. The van der Waals surface area contributed by atoms with Gasteiger partial charge in [0, 0.05) is 27.6 Å². The molecule has 6 nitrogen and oxygen atoms in total. The number of hydrogen-bond acceptors (Lipinski definition) is 6. The van der Waals surface area contributed by atoms with Gasteiger partial charge in [-0.2, -0.15) is 0 Å². The van der Waals surface area contributed by atoms with Crippen LogP contribution in [-0.2, 0) is 16.4 Å². The molecule has 3 aromatic heterocycles. The average molecular weight is 398 g/mol. The van der Waals surface area contributed by atoms with Gasteiger partial charge in [0.1, 0.15) is 10.7 Å². The van der Waals surface area contributed by atoms with E-state index in [0.29, 0.717) is 27.4 Å². The lowest BCUT2D eigenvalue weighted by atomic mass is 10.2. The maximum atomic E-state index is 12.4. The molecule has 25 heavy (non-hydrogen) atoms. The van der Waals surface area contributed by atoms with Crippen molar-refractivity contribution in [3.05, 3.63) is 42.4 Å². The number of fused-ring (bicyclic) bond motifs is 1. The summed E-state index contributed by atoms with van der Waals surface area (Å²) in [5.74, 6) is 0.486. The third kappa shape index (κ3) is 3.55. The first-order chi connectivity index (χ1) is 11.7. The molecule has 0 amide bonds. The topological polar surface area (TPSA) is 91.9 Å². The molecular weight excluding hydrogens is 378 g/mol. The SMILES string of the molecule is Cc1cc(S(=O)(=O)NCCc2nc3sc(C)c(C)c3c(=O)[nH]2)c(C)s1. The van der Waals surface area contributed by atoms with Gasteiger partial charge in [0.2, 0.25) is 10.0 Å². The average Bonchev–Trinajstić information content (AvgIpc) is 2.99. The molecule has 0 bridgehead atoms. The van der Waals surface area contributed by atoms with Crippen LogP contribution in [0, 0.1) is 27.7 Å². The van der Waals surface area contributed by atoms with Gasteiger partial charge in [-0.15, -0.1) is 22.7 Å². The summed E-state index contributed by atoms with van der Waals surface area (Å²) < 4.78 is 27.4. The molecule has 3 aromatic rings. The molecule has 2 N–H and O–H groups in total. The van der Waals surface area contributed by atoms with Crippen molar-refractivity contribution in [2.75, 3.05) is 6.54 Å². The predicted octanol–water partition coefficient (Wildman–Crippen LogP) is 2.80. The van der Waals surface area contributed by atoms with E-state index in [2.05, 4.69) is 14.7 Å². The monoisotopic (exact) mass is 397 g/mol. The lowest BCUT2D eigenvalue weighted by molar-refractivity contribution is 0.580. The predicted molar refractivity (Wildman–Crippen MR) is 102 cm³/mol. The van der Waals surface area contributed by atoms with Crippen molar-refractivity contribution in [2.45, 2.75) is 39.0 Å². The molecular formula is C16H19N3O3S3. The second-order valence-corrected chi connectivity index (χ2v) is 10.3. The highest BCUT2D eigenvalue weighted by Gasteiger charge is 2.19. The molecule has 0 atom stereocenters. The molecule has 0 aromatic carbocycles. The summed E-state index contributed by atoms with van der Waals surface area (Å²) in [5.41, 5.74) is 0.776. The minimum absolute atomic E-state index is 0.172. The summed E-state index contributed by atoms with van der Waals surface area (Å²) in [6, 6.07) is 1.67. The number of nitrogens with one attached hydrogen (secondary N) is 2. The van der Waals surface area contributed by atoms with E-state index in [-0.39, 0.29) is 12.1 Å². The number of thiophene rings is 2. The molecule has 0 aliphatic carbocycles. The summed E-state index contributed by atoms with van der Waals surface area (Å²) in [6.45, 7) is 7.71. The molecule has 0 fully saturated rings. The van der Waals surface area contributed by atoms with Gasteiger partial charge < -0.3 is 4.98 Å². The number of sulfonamides is 1. The molecule has 3 heterocycles. The summed E-state index contributed by atoms with van der Waals surface area (Å²) in [6.07, 6.45) is 0.322. The van der Waals surface area contributed by atoms with E-state index in [9.17, 15) is 13.2 Å². The van der Waals surface area contributed by atoms with Gasteiger partial charge in [-0.1, -0.05) is 0 Å². The van der Waals surface area contributed by atoms with Gasteiger partial charge in [0.05, 0.1) is 10.3 Å². The van der Waals surface area contributed by atoms with E-state index in [1.807, 2.05) is 20.8 Å². The summed E-state index contributed by atoms with van der Waals surface area (Å²) in [4.78, 5) is 23.2. The normalized spacial score (nSPS) is 12.2. The maximum Gasteiger partial charge on any atom is 0.259 e. The van der Waals surface area contributed by atoms with Crippen molar-refractivity contribution < 1.29 is 8.42 Å². The van der Waals surface area contributed by atoms with Crippen molar-refractivity contribution >= 4 is 42.9 Å². The Labute approximate surface area is 154 Å². The van der Waals surface area contributed by atoms with E-state index in [1.54, 1.807) is 13.0 Å². The quantitative estimate of drug-likeness (QED) is 0.692. The fourth-order valence-corrected chi connectivity index (χ4v) is 6.31. The van der Waals surface area contributed by atoms with E-state index < -0.39 is 10.0 Å². The molecule has 0 unspecified atom stereocenters. The zero-order valence-corrected chi connectivity index (χ0v) is 16.8. The van der Waals surface area contributed by atoms with Crippen molar-refractivity contribution in [3.8, 4) is 0 Å². The number of nitrogens with zero attached hydrogens (tertiary/aromatic N) is 1. The smallest absolute Gasteiger partial charge is 0.259 e. The van der Waals surface area contributed by atoms with Gasteiger partial charge in [-0.25, -0.2) is 18.1 Å². The third-order valence-corrected chi connectivity index (χ3v) is 7.81. The Bertz CT molecular complexity index is 1110. The standard InChI is InChI=1S/C16H19N3O3S3/c1-8-7-12(11(4)23-8)25(21,22)17-6-5-13-18-15(20)14-9(2)10(3)24-16(14)19-13/h7,17H,5-6H2,1-4H3,(H,18,19,20). The third-order valence-electron chi connectivity index (χ3n) is 4.03. The van der Waals surface area contributed by atoms with E-state index in [4.69, 9.17) is 0 Å². The number of hydrogen-bond donors (Lipinski definition) is 2. The van der Waals surface area contributed by atoms with E-state index >= 15 is 0 Å². The van der Waals surface area contributed by atoms with Crippen molar-refractivity contribution in [3.63, 3.8) is 0 Å². The van der Waals surface area contributed by atoms with Crippen LogP contribution in [0.15, 0.2) is 15.8 Å². The van der Waals surface area contributed by atoms with Crippen LogP contribution >= 0.6 is 22.7 Å². The highest BCUT2D eigenvalue weighted by molar-refractivity contribution is 7.89.